The Bertz CT molecular complexity index is 722. The van der Waals surface area contributed by atoms with E-state index in [1.54, 1.807) is 44.4 Å². The van der Waals surface area contributed by atoms with E-state index in [2.05, 4.69) is 0 Å². The summed E-state index contributed by atoms with van der Waals surface area (Å²) >= 11 is 0. The molecule has 1 heterocycles. The number of nitrogens with zero attached hydrogens (tertiary/aromatic N) is 4. The lowest BCUT2D eigenvalue weighted by Crippen LogP contribution is -2.43. The second-order valence-corrected chi connectivity index (χ2v) is 4.23. The lowest BCUT2D eigenvalue weighted by molar-refractivity contribution is 0.0925. The highest BCUT2D eigenvalue weighted by Gasteiger charge is 2.20. The van der Waals surface area contributed by atoms with E-state index >= 15 is 0 Å². The molecule has 1 aromatic heterocycles. The fourth-order valence-corrected chi connectivity index (χ4v) is 1.79. The average Bonchev–Trinajstić information content (AvgIpc) is 2.60. The van der Waals surface area contributed by atoms with Crippen LogP contribution in [-0.2, 0) is 7.05 Å². The van der Waals surface area contributed by atoms with Crippen LogP contribution in [0.5, 0.6) is 0 Å². The molecule has 1 aromatic carbocycles. The SMILES string of the molecule is CN(C)n1c(=O)n(C)n(C(=O)c2ccccc2)c1=O. The van der Waals surface area contributed by atoms with Crippen LogP contribution in [0.2, 0.25) is 0 Å². The monoisotopic (exact) mass is 262 g/mol. The molecule has 0 aliphatic carbocycles. The van der Waals surface area contributed by atoms with Crippen LogP contribution < -0.4 is 16.4 Å². The van der Waals surface area contributed by atoms with Gasteiger partial charge in [0.25, 0.3) is 5.91 Å². The molecule has 100 valence electrons. The molecule has 0 saturated heterocycles. The van der Waals surface area contributed by atoms with Gasteiger partial charge in [0, 0.05) is 26.7 Å². The number of carbonyl (C=O) groups excluding carboxylic acids is 1. The van der Waals surface area contributed by atoms with Gasteiger partial charge >= 0.3 is 11.4 Å². The molecule has 7 nitrogen and oxygen atoms in total. The predicted molar refractivity (Wildman–Crippen MR) is 70.2 cm³/mol. The summed E-state index contributed by atoms with van der Waals surface area (Å²) in [6.45, 7) is 0. The molecule has 0 aliphatic heterocycles. The first-order chi connectivity index (χ1) is 8.95. The maximum absolute atomic E-state index is 12.2. The van der Waals surface area contributed by atoms with Gasteiger partial charge in [-0.2, -0.15) is 9.36 Å². The molecule has 0 N–H and O–H groups in total. The third-order valence-corrected chi connectivity index (χ3v) is 2.73. The van der Waals surface area contributed by atoms with Gasteiger partial charge in [-0.1, -0.05) is 18.2 Å². The van der Waals surface area contributed by atoms with Crippen LogP contribution in [0.25, 0.3) is 0 Å². The van der Waals surface area contributed by atoms with Gasteiger partial charge in [0.05, 0.1) is 0 Å². The maximum Gasteiger partial charge on any atom is 0.373 e. The Morgan fingerprint density at radius 1 is 1.05 bits per heavy atom. The van der Waals surface area contributed by atoms with E-state index in [4.69, 9.17) is 0 Å². The zero-order valence-electron chi connectivity index (χ0n) is 10.9. The summed E-state index contributed by atoms with van der Waals surface area (Å²) in [7, 11) is 4.49. The molecule has 0 saturated carbocycles. The van der Waals surface area contributed by atoms with Crippen LogP contribution >= 0.6 is 0 Å². The van der Waals surface area contributed by atoms with E-state index in [-0.39, 0.29) is 0 Å². The van der Waals surface area contributed by atoms with E-state index in [0.29, 0.717) is 5.56 Å². The quantitative estimate of drug-likeness (QED) is 0.713. The Labute approximate surface area is 108 Å². The van der Waals surface area contributed by atoms with E-state index in [0.717, 1.165) is 14.0 Å². The average molecular weight is 262 g/mol. The van der Waals surface area contributed by atoms with E-state index < -0.39 is 17.3 Å². The molecule has 0 aliphatic rings. The number of benzene rings is 1. The highest BCUT2D eigenvalue weighted by atomic mass is 16.2. The van der Waals surface area contributed by atoms with Crippen molar-refractivity contribution in [3.05, 3.63) is 56.9 Å². The van der Waals surface area contributed by atoms with E-state index in [1.807, 2.05) is 0 Å². The van der Waals surface area contributed by atoms with Gasteiger partial charge in [-0.05, 0) is 12.1 Å². The fraction of sp³-hybridized carbons (Fsp3) is 0.250. The van der Waals surface area contributed by atoms with Crippen molar-refractivity contribution in [3.8, 4) is 0 Å². The Morgan fingerprint density at radius 3 is 2.11 bits per heavy atom. The lowest BCUT2D eigenvalue weighted by atomic mass is 10.2. The second kappa shape index (κ2) is 4.60. The van der Waals surface area contributed by atoms with Crippen LogP contribution in [0.1, 0.15) is 10.4 Å². The first-order valence-electron chi connectivity index (χ1n) is 5.63. The summed E-state index contributed by atoms with van der Waals surface area (Å²) in [5.74, 6) is -0.536. The van der Waals surface area contributed by atoms with Crippen molar-refractivity contribution in [2.24, 2.45) is 7.05 Å². The molecule has 0 unspecified atom stereocenters. The van der Waals surface area contributed by atoms with Gasteiger partial charge in [0.1, 0.15) is 0 Å². The highest BCUT2D eigenvalue weighted by Crippen LogP contribution is 1.99. The van der Waals surface area contributed by atoms with Crippen molar-refractivity contribution in [1.29, 1.82) is 0 Å². The van der Waals surface area contributed by atoms with Crippen molar-refractivity contribution >= 4 is 5.91 Å². The zero-order valence-corrected chi connectivity index (χ0v) is 10.9. The molecule has 0 atom stereocenters. The molecule has 0 fully saturated rings. The number of hydrogen-bond acceptors (Lipinski definition) is 4. The number of rotatable bonds is 2. The maximum atomic E-state index is 12.2. The highest BCUT2D eigenvalue weighted by molar-refractivity contribution is 5.95. The summed E-state index contributed by atoms with van der Waals surface area (Å²) in [6.07, 6.45) is 0. The zero-order chi connectivity index (χ0) is 14.2. The van der Waals surface area contributed by atoms with Crippen molar-refractivity contribution in [1.82, 2.24) is 14.0 Å². The molecule has 0 amide bonds. The van der Waals surface area contributed by atoms with Gasteiger partial charge in [-0.3, -0.25) is 4.79 Å². The first-order valence-corrected chi connectivity index (χ1v) is 5.63. The van der Waals surface area contributed by atoms with Gasteiger partial charge in [-0.15, -0.1) is 0 Å². The molecular formula is C12H14N4O3. The normalized spacial score (nSPS) is 10.5. The third kappa shape index (κ3) is 1.99. The minimum Gasteiger partial charge on any atom is -0.310 e. The molecule has 2 rings (SSSR count). The van der Waals surface area contributed by atoms with E-state index in [1.165, 1.54) is 12.1 Å². The molecule has 0 bridgehead atoms. The molecule has 2 aromatic rings. The van der Waals surface area contributed by atoms with Gasteiger partial charge in [0.15, 0.2) is 0 Å². The smallest absolute Gasteiger partial charge is 0.310 e. The largest absolute Gasteiger partial charge is 0.373 e. The second-order valence-electron chi connectivity index (χ2n) is 4.23. The molecule has 0 radical (unpaired) electrons. The third-order valence-electron chi connectivity index (χ3n) is 2.73. The lowest BCUT2D eigenvalue weighted by Gasteiger charge is -2.08. The summed E-state index contributed by atoms with van der Waals surface area (Å²) < 4.78 is 2.70. The Balaban J connectivity index is 2.66. The summed E-state index contributed by atoms with van der Waals surface area (Å²) in [4.78, 5) is 36.3. The molecule has 7 heteroatoms. The van der Waals surface area contributed by atoms with Crippen LogP contribution in [0.15, 0.2) is 39.9 Å². The number of hydrogen-bond donors (Lipinski definition) is 0. The first kappa shape index (κ1) is 12.9. The van der Waals surface area contributed by atoms with Crippen LogP contribution in [0.3, 0.4) is 0 Å². The summed E-state index contributed by atoms with van der Waals surface area (Å²) in [5, 5.41) is 1.33. The van der Waals surface area contributed by atoms with Crippen molar-refractivity contribution in [2.75, 3.05) is 19.1 Å². The Morgan fingerprint density at radius 2 is 1.63 bits per heavy atom. The standard InChI is InChI=1S/C12H14N4O3/c1-13(2)16-11(18)14(3)15(12(16)19)10(17)9-7-5-4-6-8-9/h4-8H,1-3H3. The minimum atomic E-state index is -0.689. The number of aromatic nitrogens is 3. The van der Waals surface area contributed by atoms with Crippen LogP contribution in [0.4, 0.5) is 0 Å². The number of carbonyl (C=O) groups is 1. The summed E-state index contributed by atoms with van der Waals surface area (Å²) in [6, 6.07) is 8.33. The van der Waals surface area contributed by atoms with Crippen molar-refractivity contribution in [3.63, 3.8) is 0 Å². The minimum absolute atomic E-state index is 0.344. The van der Waals surface area contributed by atoms with Gasteiger partial charge in [0.2, 0.25) is 0 Å². The van der Waals surface area contributed by atoms with Gasteiger partial charge < -0.3 is 5.01 Å². The Hall–Kier alpha value is -2.57. The Kier molecular flexibility index (Phi) is 3.12. The topological polar surface area (TPSA) is 69.2 Å². The fourth-order valence-electron chi connectivity index (χ4n) is 1.79. The molecule has 19 heavy (non-hydrogen) atoms. The van der Waals surface area contributed by atoms with E-state index in [9.17, 15) is 14.4 Å². The summed E-state index contributed by atoms with van der Waals surface area (Å²) in [5.41, 5.74) is -0.915. The molecular weight excluding hydrogens is 248 g/mol. The van der Waals surface area contributed by atoms with Crippen LogP contribution in [-0.4, -0.2) is 34.0 Å². The van der Waals surface area contributed by atoms with Crippen molar-refractivity contribution < 1.29 is 4.79 Å². The van der Waals surface area contributed by atoms with Gasteiger partial charge in [-0.25, -0.2) is 14.3 Å². The molecule has 0 spiro atoms. The van der Waals surface area contributed by atoms with Crippen molar-refractivity contribution in [2.45, 2.75) is 0 Å². The predicted octanol–water partition coefficient (Wildman–Crippen LogP) is -0.765. The van der Waals surface area contributed by atoms with Crippen LogP contribution in [0, 0.1) is 0 Å².